The van der Waals surface area contributed by atoms with Gasteiger partial charge in [-0.25, -0.2) is 9.78 Å². The number of imide groups is 1. The second-order valence-electron chi connectivity index (χ2n) is 11.2. The molecule has 1 aromatic heterocycles. The van der Waals surface area contributed by atoms with E-state index in [2.05, 4.69) is 15.9 Å². The number of hydrogen-bond acceptors (Lipinski definition) is 7. The molecule has 3 aromatic carbocycles. The van der Waals surface area contributed by atoms with Gasteiger partial charge in [-0.3, -0.25) is 19.3 Å². The van der Waals surface area contributed by atoms with Gasteiger partial charge in [0, 0.05) is 21.0 Å². The van der Waals surface area contributed by atoms with E-state index in [4.69, 9.17) is 14.5 Å². The first-order valence-corrected chi connectivity index (χ1v) is 15.6. The van der Waals surface area contributed by atoms with E-state index in [-0.39, 0.29) is 35.0 Å². The molecule has 3 atom stereocenters. The molecule has 1 aliphatic carbocycles. The molecule has 0 radical (unpaired) electrons. The van der Waals surface area contributed by atoms with Crippen molar-refractivity contribution in [1.82, 2.24) is 4.98 Å². The topological polar surface area (TPSA) is 103 Å². The number of pyridine rings is 1. The number of Topliss-reactive ketones (excluding diaryl/α,β-unsaturated/α-hetero) is 1. The van der Waals surface area contributed by atoms with Gasteiger partial charge in [0.05, 0.1) is 41.4 Å². The number of carbonyl (C=O) groups excluding carboxylic acids is 4. The molecule has 2 aliphatic rings. The molecule has 2 heterocycles. The van der Waals surface area contributed by atoms with Crippen molar-refractivity contribution >= 4 is 56.1 Å². The monoisotopic (exact) mass is 666 g/mol. The molecule has 0 spiro atoms. The van der Waals surface area contributed by atoms with Crippen LogP contribution in [0.1, 0.15) is 53.0 Å². The van der Waals surface area contributed by atoms with Crippen molar-refractivity contribution in [2.75, 3.05) is 12.0 Å². The number of methoxy groups -OCH3 is 1. The second-order valence-corrected chi connectivity index (χ2v) is 12.1. The highest BCUT2D eigenvalue weighted by molar-refractivity contribution is 9.10. The van der Waals surface area contributed by atoms with Crippen LogP contribution in [0.5, 0.6) is 5.75 Å². The highest BCUT2D eigenvalue weighted by atomic mass is 79.9. The number of carbonyl (C=O) groups is 4. The number of rotatable bonds is 8. The maximum Gasteiger partial charge on any atom is 0.339 e. The zero-order valence-electron chi connectivity index (χ0n) is 25.1. The number of allylic oxidation sites excluding steroid dienone is 2. The summed E-state index contributed by atoms with van der Waals surface area (Å²) in [5.41, 5.74) is 3.96. The van der Waals surface area contributed by atoms with Crippen molar-refractivity contribution < 1.29 is 28.7 Å². The summed E-state index contributed by atoms with van der Waals surface area (Å²) < 4.78 is 11.7. The Kier molecular flexibility index (Phi) is 8.38. The van der Waals surface area contributed by atoms with Crippen molar-refractivity contribution in [3.63, 3.8) is 0 Å². The van der Waals surface area contributed by atoms with Gasteiger partial charge < -0.3 is 9.47 Å². The third-order valence-corrected chi connectivity index (χ3v) is 8.97. The number of hydrogen-bond donors (Lipinski definition) is 0. The number of aromatic nitrogens is 1. The predicted molar refractivity (Wildman–Crippen MR) is 174 cm³/mol. The standard InChI is InChI=1S/C36H31BrN2O6/c1-4-21-17-24(37)18-29-30(36(43)45-20(2)33(40)23-11-15-26(44-3)16-12-23)19-31(38-32(21)29)22-9-13-25(14-10-22)39-34(41)27-7-5-6-8-28(27)35(39)42/h5-6,9-20,27-28H,4,7-8H2,1-3H3. The summed E-state index contributed by atoms with van der Waals surface area (Å²) in [7, 11) is 1.55. The van der Waals surface area contributed by atoms with E-state index in [0.717, 1.165) is 10.0 Å². The summed E-state index contributed by atoms with van der Waals surface area (Å²) in [6.45, 7) is 3.56. The number of anilines is 1. The lowest BCUT2D eigenvalue weighted by Gasteiger charge is -2.17. The van der Waals surface area contributed by atoms with Gasteiger partial charge in [-0.2, -0.15) is 0 Å². The molecular weight excluding hydrogens is 636 g/mol. The number of amides is 2. The summed E-state index contributed by atoms with van der Waals surface area (Å²) in [6, 6.07) is 19.1. The number of benzene rings is 3. The fraction of sp³-hybridized carbons (Fsp3) is 0.250. The van der Waals surface area contributed by atoms with Crippen molar-refractivity contribution in [3.05, 3.63) is 100 Å². The van der Waals surface area contributed by atoms with Crippen LogP contribution >= 0.6 is 15.9 Å². The van der Waals surface area contributed by atoms with Crippen molar-refractivity contribution in [2.24, 2.45) is 11.8 Å². The fourth-order valence-electron chi connectivity index (χ4n) is 6.05. The van der Waals surface area contributed by atoms with Crippen LogP contribution in [0, 0.1) is 11.8 Å². The molecule has 0 bridgehead atoms. The number of esters is 1. The van der Waals surface area contributed by atoms with Gasteiger partial charge in [0.1, 0.15) is 5.75 Å². The Hall–Kier alpha value is -4.63. The maximum absolute atomic E-state index is 13.7. The Morgan fingerprint density at radius 3 is 2.20 bits per heavy atom. The Bertz CT molecular complexity index is 1840. The van der Waals surface area contributed by atoms with Gasteiger partial charge >= 0.3 is 5.97 Å². The van der Waals surface area contributed by atoms with Gasteiger partial charge in [-0.05, 0) is 86.3 Å². The minimum Gasteiger partial charge on any atom is -0.497 e. The molecule has 8 nitrogen and oxygen atoms in total. The van der Waals surface area contributed by atoms with Crippen LogP contribution in [0.2, 0.25) is 0 Å². The first-order chi connectivity index (χ1) is 21.7. The lowest BCUT2D eigenvalue weighted by Crippen LogP contribution is -2.30. The third kappa shape index (κ3) is 5.68. The van der Waals surface area contributed by atoms with Crippen LogP contribution in [0.3, 0.4) is 0 Å². The van der Waals surface area contributed by atoms with Gasteiger partial charge in [-0.1, -0.05) is 47.1 Å². The molecule has 3 unspecified atom stereocenters. The Morgan fingerprint density at radius 2 is 1.60 bits per heavy atom. The molecule has 1 saturated heterocycles. The Labute approximate surface area is 269 Å². The molecule has 1 fully saturated rings. The van der Waals surface area contributed by atoms with E-state index < -0.39 is 12.1 Å². The Morgan fingerprint density at radius 1 is 0.956 bits per heavy atom. The summed E-state index contributed by atoms with van der Waals surface area (Å²) in [5.74, 6) is -1.35. The van der Waals surface area contributed by atoms with Crippen LogP contribution in [0.4, 0.5) is 5.69 Å². The highest BCUT2D eigenvalue weighted by Crippen LogP contribution is 2.38. The van der Waals surface area contributed by atoms with E-state index >= 15 is 0 Å². The van der Waals surface area contributed by atoms with E-state index in [0.29, 0.717) is 58.4 Å². The molecule has 6 rings (SSSR count). The number of halogens is 1. The van der Waals surface area contributed by atoms with E-state index in [1.165, 1.54) is 4.90 Å². The lowest BCUT2D eigenvalue weighted by atomic mass is 9.85. The number of ketones is 1. The molecular formula is C36H31BrN2O6. The molecule has 45 heavy (non-hydrogen) atoms. The number of aryl methyl sites for hydroxylation is 1. The van der Waals surface area contributed by atoms with Crippen molar-refractivity contribution in [3.8, 4) is 17.0 Å². The normalized spacial score (nSPS) is 18.2. The smallest absolute Gasteiger partial charge is 0.339 e. The fourth-order valence-corrected chi connectivity index (χ4v) is 6.56. The second kappa shape index (κ2) is 12.4. The highest BCUT2D eigenvalue weighted by Gasteiger charge is 2.47. The molecule has 228 valence electrons. The molecule has 0 N–H and O–H groups in total. The van der Waals surface area contributed by atoms with Crippen molar-refractivity contribution in [2.45, 2.75) is 39.2 Å². The molecule has 0 saturated carbocycles. The molecule has 9 heteroatoms. The first-order valence-electron chi connectivity index (χ1n) is 14.9. The van der Waals surface area contributed by atoms with Crippen LogP contribution in [-0.4, -0.2) is 41.8 Å². The predicted octanol–water partition coefficient (Wildman–Crippen LogP) is 7.12. The summed E-state index contributed by atoms with van der Waals surface area (Å²) in [5, 5.41) is 0.597. The first kappa shape index (κ1) is 30.4. The largest absolute Gasteiger partial charge is 0.497 e. The number of ether oxygens (including phenoxy) is 2. The maximum atomic E-state index is 13.7. The lowest BCUT2D eigenvalue weighted by molar-refractivity contribution is -0.122. The van der Waals surface area contributed by atoms with Gasteiger partial charge in [-0.15, -0.1) is 0 Å². The SMILES string of the molecule is CCc1cc(Br)cc2c(C(=O)OC(C)C(=O)c3ccc(OC)cc3)cc(-c3ccc(N4C(=O)C5CC=CCC5C4=O)cc3)nc12. The minimum absolute atomic E-state index is 0.174. The van der Waals surface area contributed by atoms with Crippen LogP contribution in [0.15, 0.2) is 83.4 Å². The molecule has 2 amide bonds. The van der Waals surface area contributed by atoms with Crippen LogP contribution in [-0.2, 0) is 20.7 Å². The summed E-state index contributed by atoms with van der Waals surface area (Å²) in [6.07, 6.45) is 4.71. The number of fused-ring (bicyclic) bond motifs is 2. The minimum atomic E-state index is -1.04. The van der Waals surface area contributed by atoms with Crippen LogP contribution < -0.4 is 9.64 Å². The van der Waals surface area contributed by atoms with Crippen molar-refractivity contribution in [1.29, 1.82) is 0 Å². The van der Waals surface area contributed by atoms with Gasteiger partial charge in [0.2, 0.25) is 17.6 Å². The number of nitrogens with zero attached hydrogens (tertiary/aromatic N) is 2. The van der Waals surface area contributed by atoms with Gasteiger partial charge in [0.25, 0.3) is 0 Å². The van der Waals surface area contributed by atoms with Gasteiger partial charge in [0.15, 0.2) is 6.10 Å². The quantitative estimate of drug-likeness (QED) is 0.0854. The molecule has 1 aliphatic heterocycles. The average molecular weight is 668 g/mol. The van der Waals surface area contributed by atoms with Crippen LogP contribution in [0.25, 0.3) is 22.2 Å². The third-order valence-electron chi connectivity index (χ3n) is 8.51. The Balaban J connectivity index is 1.33. The van der Waals surface area contributed by atoms with E-state index in [9.17, 15) is 19.2 Å². The summed E-state index contributed by atoms with van der Waals surface area (Å²) >= 11 is 3.55. The zero-order chi connectivity index (χ0) is 31.8. The summed E-state index contributed by atoms with van der Waals surface area (Å²) in [4.78, 5) is 59.2. The van der Waals surface area contributed by atoms with E-state index in [1.54, 1.807) is 68.6 Å². The molecule has 4 aromatic rings. The zero-order valence-corrected chi connectivity index (χ0v) is 26.7. The average Bonchev–Trinajstić information content (AvgIpc) is 3.32. The van der Waals surface area contributed by atoms with E-state index in [1.807, 2.05) is 31.2 Å².